The topological polar surface area (TPSA) is 123 Å². The van der Waals surface area contributed by atoms with Crippen molar-refractivity contribution < 1.29 is 19.8 Å². The molecule has 0 bridgehead atoms. The molecule has 0 aliphatic carbocycles. The van der Waals surface area contributed by atoms with E-state index >= 15 is 0 Å². The van der Waals surface area contributed by atoms with E-state index in [0.29, 0.717) is 13.1 Å². The summed E-state index contributed by atoms with van der Waals surface area (Å²) in [6, 6.07) is 23.3. The average molecular weight is 647 g/mol. The molecule has 0 spiro atoms. The Morgan fingerprint density at radius 1 is 0.500 bits per heavy atom. The number of aliphatic hydroxyl groups is 2. The van der Waals surface area contributed by atoms with Crippen LogP contribution in [0.2, 0.25) is 0 Å². The van der Waals surface area contributed by atoms with Crippen LogP contribution in [0.25, 0.3) is 0 Å². The third-order valence-corrected chi connectivity index (χ3v) is 2.49. The lowest BCUT2D eigenvalue weighted by Crippen LogP contribution is -2.36. The van der Waals surface area contributed by atoms with Gasteiger partial charge in [-0.2, -0.15) is 0 Å². The zero-order chi connectivity index (χ0) is 27.3. The maximum Gasteiger partial charge on any atom is 0.318 e. The second-order valence-corrected chi connectivity index (χ2v) is 4.70. The first-order valence-corrected chi connectivity index (χ1v) is 11.9. The molecular formula is C26H52ClIN4O4. The zero-order valence-electron chi connectivity index (χ0n) is 23.3. The van der Waals surface area contributed by atoms with Crippen LogP contribution < -0.4 is 21.3 Å². The van der Waals surface area contributed by atoms with Gasteiger partial charge < -0.3 is 31.5 Å². The van der Waals surface area contributed by atoms with Gasteiger partial charge in [0.15, 0.2) is 0 Å². The summed E-state index contributed by atoms with van der Waals surface area (Å²) in [4.78, 5) is 20.5. The van der Waals surface area contributed by atoms with E-state index in [1.54, 1.807) is 0 Å². The molecule has 0 heterocycles. The Balaban J connectivity index is -0.0000000573. The number of benzene rings is 2. The lowest BCUT2D eigenvalue weighted by Gasteiger charge is -1.99. The van der Waals surface area contributed by atoms with Crippen molar-refractivity contribution in [1.29, 1.82) is 0 Å². The first-order valence-electron chi connectivity index (χ1n) is 11.9. The summed E-state index contributed by atoms with van der Waals surface area (Å²) < 4.78 is 0. The highest BCUT2D eigenvalue weighted by molar-refractivity contribution is 14.0. The maximum atomic E-state index is 10.4. The van der Waals surface area contributed by atoms with Crippen molar-refractivity contribution in [3.8, 4) is 0 Å². The molecule has 10 heteroatoms. The maximum absolute atomic E-state index is 10.4. The highest BCUT2D eigenvalue weighted by Crippen LogP contribution is 1.80. The molecule has 2 rings (SSSR count). The van der Waals surface area contributed by atoms with Crippen LogP contribution in [-0.4, -0.2) is 48.8 Å². The van der Waals surface area contributed by atoms with Gasteiger partial charge in [0.1, 0.15) is 13.5 Å². The largest absolute Gasteiger partial charge is 0.376 e. The molecule has 4 amide bonds. The molecule has 0 saturated carbocycles. The molecule has 2 aromatic rings. The molecule has 2 aromatic carbocycles. The minimum atomic E-state index is -0.588. The van der Waals surface area contributed by atoms with Gasteiger partial charge in [0.2, 0.25) is 0 Å². The van der Waals surface area contributed by atoms with Gasteiger partial charge in [-0.05, 0) is 13.8 Å². The van der Waals surface area contributed by atoms with E-state index in [2.05, 4.69) is 10.6 Å². The van der Waals surface area contributed by atoms with Gasteiger partial charge in [-0.1, -0.05) is 114 Å². The van der Waals surface area contributed by atoms with Crippen LogP contribution in [0.3, 0.4) is 0 Å². The summed E-state index contributed by atoms with van der Waals surface area (Å²) >= 11 is 0. The Labute approximate surface area is 243 Å². The van der Waals surface area contributed by atoms with Crippen molar-refractivity contribution in [2.45, 2.75) is 55.4 Å². The van der Waals surface area contributed by atoms with E-state index in [9.17, 15) is 9.59 Å². The number of halogens is 2. The highest BCUT2D eigenvalue weighted by atomic mass is 127. The Morgan fingerprint density at radius 3 is 0.806 bits per heavy atom. The van der Waals surface area contributed by atoms with Gasteiger partial charge >= 0.3 is 12.1 Å². The number of aliphatic hydroxyl groups excluding tert-OH is 2. The standard InChI is InChI=1S/2C6H6.C5H12N2O.C3H8N2O3.3C2H6.ClH.HI/c2*1-2-4-6-5-3-1;1-3-6-5(8)7-4-2;6-1-4-3(8)5-2-7;3*1-2;;/h2*1-6H;3-4H2,1-2H3,(H2,6,7,8);6-7H,1-2H2,(H2,4,5,8);3*1-2H3;2*1H. The van der Waals surface area contributed by atoms with Crippen molar-refractivity contribution in [3.05, 3.63) is 72.8 Å². The first-order chi connectivity index (χ1) is 16.6. The number of rotatable bonds is 4. The third-order valence-electron chi connectivity index (χ3n) is 2.49. The van der Waals surface area contributed by atoms with Crippen molar-refractivity contribution in [1.82, 2.24) is 21.3 Å². The summed E-state index contributed by atoms with van der Waals surface area (Å²) in [5, 5.41) is 25.2. The van der Waals surface area contributed by atoms with Crippen molar-refractivity contribution in [3.63, 3.8) is 0 Å². The Bertz CT molecular complexity index is 451. The van der Waals surface area contributed by atoms with E-state index in [-0.39, 0.29) is 42.4 Å². The normalized spacial score (nSPS) is 6.83. The summed E-state index contributed by atoms with van der Waals surface area (Å²) in [6.07, 6.45) is 0. The van der Waals surface area contributed by atoms with E-state index < -0.39 is 19.5 Å². The molecular weight excluding hydrogens is 595 g/mol. The van der Waals surface area contributed by atoms with Crippen LogP contribution in [0, 0.1) is 0 Å². The molecule has 214 valence electrons. The van der Waals surface area contributed by atoms with Crippen molar-refractivity contribution in [2.75, 3.05) is 26.6 Å². The summed E-state index contributed by atoms with van der Waals surface area (Å²) in [6.45, 7) is 16.3. The smallest absolute Gasteiger partial charge is 0.318 e. The second kappa shape index (κ2) is 58.6. The van der Waals surface area contributed by atoms with Gasteiger partial charge in [0, 0.05) is 13.1 Å². The van der Waals surface area contributed by atoms with Crippen LogP contribution in [0.4, 0.5) is 9.59 Å². The van der Waals surface area contributed by atoms with Crippen LogP contribution in [0.1, 0.15) is 55.4 Å². The summed E-state index contributed by atoms with van der Waals surface area (Å²) in [7, 11) is 0. The van der Waals surface area contributed by atoms with Gasteiger partial charge in [0.25, 0.3) is 0 Å². The minimum Gasteiger partial charge on any atom is -0.376 e. The number of carbonyl (C=O) groups excluding carboxylic acids is 2. The van der Waals surface area contributed by atoms with E-state index in [0.717, 1.165) is 0 Å². The van der Waals surface area contributed by atoms with Crippen LogP contribution in [-0.2, 0) is 0 Å². The first kappa shape index (κ1) is 50.7. The quantitative estimate of drug-likeness (QED) is 0.180. The molecule has 0 fully saturated rings. The number of hydrogen-bond donors (Lipinski definition) is 6. The predicted molar refractivity (Wildman–Crippen MR) is 168 cm³/mol. The Hall–Kier alpha value is -2.08. The highest BCUT2D eigenvalue weighted by Gasteiger charge is 1.91. The monoisotopic (exact) mass is 646 g/mol. The molecule has 6 N–H and O–H groups in total. The molecule has 0 aromatic heterocycles. The summed E-state index contributed by atoms with van der Waals surface area (Å²) in [5.41, 5.74) is 0. The second-order valence-electron chi connectivity index (χ2n) is 4.70. The Morgan fingerprint density at radius 2 is 0.667 bits per heavy atom. The van der Waals surface area contributed by atoms with E-state index in [4.69, 9.17) is 10.2 Å². The lowest BCUT2D eigenvalue weighted by atomic mass is 10.4. The van der Waals surface area contributed by atoms with Crippen molar-refractivity contribution >= 4 is 48.4 Å². The molecule has 8 nitrogen and oxygen atoms in total. The molecule has 0 saturated heterocycles. The SMILES string of the molecule is CC.CC.CC.CCNC(=O)NCC.Cl.I.O=C(NCO)NCO.c1ccccc1.c1ccccc1. The number of amides is 4. The van der Waals surface area contributed by atoms with Gasteiger partial charge in [-0.25, -0.2) is 9.59 Å². The number of nitrogens with one attached hydrogen (secondary N) is 4. The molecule has 0 unspecified atom stereocenters. The molecule has 36 heavy (non-hydrogen) atoms. The molecule has 0 aliphatic rings. The molecule has 0 aliphatic heterocycles. The minimum absolute atomic E-state index is 0. The third kappa shape index (κ3) is 63.5. The van der Waals surface area contributed by atoms with Gasteiger partial charge in [0.05, 0.1) is 0 Å². The van der Waals surface area contributed by atoms with E-state index in [1.807, 2.05) is 139 Å². The van der Waals surface area contributed by atoms with Crippen molar-refractivity contribution in [2.24, 2.45) is 0 Å². The molecule has 0 atom stereocenters. The lowest BCUT2D eigenvalue weighted by molar-refractivity contribution is 0.201. The fourth-order valence-electron chi connectivity index (χ4n) is 1.36. The fourth-order valence-corrected chi connectivity index (χ4v) is 1.36. The van der Waals surface area contributed by atoms with Gasteiger partial charge in [-0.15, -0.1) is 36.4 Å². The Kier molecular flexibility index (Phi) is 82.6. The number of carbonyl (C=O) groups is 2. The predicted octanol–water partition coefficient (Wildman–Crippen LogP) is 6.00. The average Bonchev–Trinajstić information content (AvgIpc) is 2.91. The van der Waals surface area contributed by atoms with Crippen LogP contribution in [0.5, 0.6) is 0 Å². The number of hydrogen-bond acceptors (Lipinski definition) is 4. The van der Waals surface area contributed by atoms with E-state index in [1.165, 1.54) is 0 Å². The number of urea groups is 2. The van der Waals surface area contributed by atoms with Crippen LogP contribution in [0.15, 0.2) is 72.8 Å². The fraction of sp³-hybridized carbons (Fsp3) is 0.462. The molecule has 0 radical (unpaired) electrons. The zero-order valence-corrected chi connectivity index (χ0v) is 26.4. The summed E-state index contributed by atoms with van der Waals surface area (Å²) in [5.74, 6) is 0. The van der Waals surface area contributed by atoms with Crippen LogP contribution >= 0.6 is 36.4 Å². The van der Waals surface area contributed by atoms with Gasteiger partial charge in [-0.3, -0.25) is 0 Å².